The molecule has 1 atom stereocenters. The van der Waals surface area contributed by atoms with E-state index in [2.05, 4.69) is 18.2 Å². The lowest BCUT2D eigenvalue weighted by Gasteiger charge is -2.22. The summed E-state index contributed by atoms with van der Waals surface area (Å²) in [5.74, 6) is -0.0157. The van der Waals surface area contributed by atoms with E-state index in [9.17, 15) is 4.79 Å². The van der Waals surface area contributed by atoms with Crippen LogP contribution in [-0.2, 0) is 0 Å². The Morgan fingerprint density at radius 1 is 1.75 bits per heavy atom. The number of carbonyl (C=O) groups is 1. The Balaban J connectivity index is 2.64. The van der Waals surface area contributed by atoms with Crippen LogP contribution in [0.4, 0.5) is 6.01 Å². The molecule has 1 N–H and O–H groups in total. The van der Waals surface area contributed by atoms with Crippen LogP contribution in [0.25, 0.3) is 0 Å². The van der Waals surface area contributed by atoms with Crippen LogP contribution in [0.15, 0.2) is 10.7 Å². The van der Waals surface area contributed by atoms with Crippen molar-refractivity contribution in [3.8, 4) is 0 Å². The molecule has 0 aliphatic rings. The summed E-state index contributed by atoms with van der Waals surface area (Å²) in [6.07, 6.45) is 4.22. The number of rotatable bonds is 6. The van der Waals surface area contributed by atoms with E-state index in [1.807, 2.05) is 11.9 Å². The molecule has 0 radical (unpaired) electrons. The van der Waals surface area contributed by atoms with Crippen molar-refractivity contribution in [2.45, 2.75) is 19.4 Å². The largest absolute Gasteiger partial charge is 0.476 e. The van der Waals surface area contributed by atoms with Gasteiger partial charge in [0.25, 0.3) is 6.01 Å². The molecule has 0 saturated heterocycles. The van der Waals surface area contributed by atoms with Crippen molar-refractivity contribution >= 4 is 23.7 Å². The van der Waals surface area contributed by atoms with E-state index in [1.54, 1.807) is 11.8 Å². The molecule has 0 aliphatic heterocycles. The van der Waals surface area contributed by atoms with Crippen LogP contribution in [0.5, 0.6) is 0 Å². The smallest absolute Gasteiger partial charge is 0.357 e. The standard InChI is InChI=1S/C10H16N2O3S/c1-7(4-5-16-3)12(2)10-11-8(6-15-10)9(13)14/h6-7H,4-5H2,1-3H3,(H,13,14). The lowest BCUT2D eigenvalue weighted by molar-refractivity contribution is 0.0690. The van der Waals surface area contributed by atoms with E-state index in [4.69, 9.17) is 9.52 Å². The molecule has 1 heterocycles. The maximum atomic E-state index is 10.6. The van der Waals surface area contributed by atoms with Crippen molar-refractivity contribution in [3.05, 3.63) is 12.0 Å². The van der Waals surface area contributed by atoms with Gasteiger partial charge in [0.1, 0.15) is 6.26 Å². The minimum Gasteiger partial charge on any atom is -0.476 e. The van der Waals surface area contributed by atoms with E-state index in [0.717, 1.165) is 18.4 Å². The second kappa shape index (κ2) is 5.79. The van der Waals surface area contributed by atoms with E-state index in [0.29, 0.717) is 6.01 Å². The van der Waals surface area contributed by atoms with Gasteiger partial charge in [-0.3, -0.25) is 0 Å². The van der Waals surface area contributed by atoms with Crippen molar-refractivity contribution in [1.29, 1.82) is 0 Å². The van der Waals surface area contributed by atoms with Gasteiger partial charge in [-0.15, -0.1) is 0 Å². The number of anilines is 1. The van der Waals surface area contributed by atoms with Crippen LogP contribution in [0, 0.1) is 0 Å². The van der Waals surface area contributed by atoms with Crippen LogP contribution in [0.2, 0.25) is 0 Å². The molecule has 0 fully saturated rings. The van der Waals surface area contributed by atoms with E-state index in [1.165, 1.54) is 0 Å². The quantitative estimate of drug-likeness (QED) is 0.825. The summed E-state index contributed by atoms with van der Waals surface area (Å²) < 4.78 is 5.12. The molecule has 1 unspecified atom stereocenters. The van der Waals surface area contributed by atoms with Gasteiger partial charge in [0.2, 0.25) is 0 Å². The van der Waals surface area contributed by atoms with Crippen molar-refractivity contribution in [3.63, 3.8) is 0 Å². The van der Waals surface area contributed by atoms with Crippen LogP contribution < -0.4 is 4.90 Å². The molecule has 0 amide bonds. The van der Waals surface area contributed by atoms with Crippen LogP contribution in [0.3, 0.4) is 0 Å². The Morgan fingerprint density at radius 3 is 2.94 bits per heavy atom. The number of carboxylic acid groups (broad SMARTS) is 1. The first-order valence-electron chi connectivity index (χ1n) is 4.96. The van der Waals surface area contributed by atoms with Gasteiger partial charge in [-0.2, -0.15) is 16.7 Å². The highest BCUT2D eigenvalue weighted by Gasteiger charge is 2.17. The van der Waals surface area contributed by atoms with Gasteiger partial charge in [-0.05, 0) is 25.4 Å². The fraction of sp³-hybridized carbons (Fsp3) is 0.600. The summed E-state index contributed by atoms with van der Waals surface area (Å²) in [5, 5.41) is 8.72. The third kappa shape index (κ3) is 3.16. The van der Waals surface area contributed by atoms with Gasteiger partial charge in [-0.1, -0.05) is 0 Å². The van der Waals surface area contributed by atoms with Crippen molar-refractivity contribution in [1.82, 2.24) is 4.98 Å². The molecule has 5 nitrogen and oxygen atoms in total. The highest BCUT2D eigenvalue weighted by Crippen LogP contribution is 2.16. The van der Waals surface area contributed by atoms with Crippen molar-refractivity contribution < 1.29 is 14.3 Å². The molecule has 1 rings (SSSR count). The first kappa shape index (κ1) is 12.9. The number of nitrogens with zero attached hydrogens (tertiary/aromatic N) is 2. The molecule has 1 aromatic rings. The predicted octanol–water partition coefficient (Wildman–Crippen LogP) is 1.95. The van der Waals surface area contributed by atoms with Crippen molar-refractivity contribution in [2.75, 3.05) is 24.0 Å². The maximum Gasteiger partial charge on any atom is 0.357 e. The van der Waals surface area contributed by atoms with Gasteiger partial charge in [0, 0.05) is 13.1 Å². The van der Waals surface area contributed by atoms with E-state index < -0.39 is 5.97 Å². The monoisotopic (exact) mass is 244 g/mol. The fourth-order valence-electron chi connectivity index (χ4n) is 1.20. The topological polar surface area (TPSA) is 66.6 Å². The maximum absolute atomic E-state index is 10.6. The SMILES string of the molecule is CSCCC(C)N(C)c1nc(C(=O)O)co1. The lowest BCUT2D eigenvalue weighted by atomic mass is 10.2. The Bertz CT molecular complexity index is 354. The van der Waals surface area contributed by atoms with Crippen molar-refractivity contribution in [2.24, 2.45) is 0 Å². The Morgan fingerprint density at radius 2 is 2.44 bits per heavy atom. The molecular formula is C10H16N2O3S. The van der Waals surface area contributed by atoms with Crippen LogP contribution >= 0.6 is 11.8 Å². The number of aromatic carboxylic acids is 1. The van der Waals surface area contributed by atoms with Gasteiger partial charge in [-0.25, -0.2) is 4.79 Å². The van der Waals surface area contributed by atoms with Gasteiger partial charge >= 0.3 is 5.97 Å². The Hall–Kier alpha value is -1.17. The molecule has 0 saturated carbocycles. The average molecular weight is 244 g/mol. The summed E-state index contributed by atoms with van der Waals surface area (Å²) in [5.41, 5.74) is -0.0566. The number of aromatic nitrogens is 1. The fourth-order valence-corrected chi connectivity index (χ4v) is 1.77. The van der Waals surface area contributed by atoms with Crippen LogP contribution in [0.1, 0.15) is 23.8 Å². The molecule has 0 aliphatic carbocycles. The average Bonchev–Trinajstić information content (AvgIpc) is 2.74. The normalized spacial score (nSPS) is 12.4. The second-order valence-electron chi connectivity index (χ2n) is 3.56. The zero-order valence-electron chi connectivity index (χ0n) is 9.64. The van der Waals surface area contributed by atoms with E-state index >= 15 is 0 Å². The molecule has 16 heavy (non-hydrogen) atoms. The minimum atomic E-state index is -1.07. The Kier molecular flexibility index (Phi) is 4.67. The lowest BCUT2D eigenvalue weighted by Crippen LogP contribution is -2.29. The highest BCUT2D eigenvalue weighted by molar-refractivity contribution is 7.98. The molecular weight excluding hydrogens is 228 g/mol. The summed E-state index contributed by atoms with van der Waals surface area (Å²) in [4.78, 5) is 16.4. The molecule has 0 bridgehead atoms. The summed E-state index contributed by atoms with van der Waals surface area (Å²) in [6.45, 7) is 2.06. The first-order chi connectivity index (χ1) is 7.56. The zero-order chi connectivity index (χ0) is 12.1. The number of carboxylic acids is 1. The third-order valence-corrected chi connectivity index (χ3v) is 3.06. The first-order valence-corrected chi connectivity index (χ1v) is 6.36. The molecule has 0 spiro atoms. The molecule has 6 heteroatoms. The number of hydrogen-bond donors (Lipinski definition) is 1. The van der Waals surface area contributed by atoms with Gasteiger partial charge < -0.3 is 14.4 Å². The third-order valence-electron chi connectivity index (χ3n) is 2.41. The minimum absolute atomic E-state index is 0.0566. The van der Waals surface area contributed by atoms with Gasteiger partial charge in [0.15, 0.2) is 5.69 Å². The molecule has 0 aromatic carbocycles. The Labute approximate surface area is 98.8 Å². The predicted molar refractivity (Wildman–Crippen MR) is 64.3 cm³/mol. The van der Waals surface area contributed by atoms with Gasteiger partial charge in [0.05, 0.1) is 0 Å². The summed E-state index contributed by atoms with van der Waals surface area (Å²) in [7, 11) is 1.85. The number of hydrogen-bond acceptors (Lipinski definition) is 5. The molecule has 90 valence electrons. The highest BCUT2D eigenvalue weighted by atomic mass is 32.2. The number of thioether (sulfide) groups is 1. The number of oxazole rings is 1. The zero-order valence-corrected chi connectivity index (χ0v) is 10.5. The summed E-state index contributed by atoms with van der Waals surface area (Å²) >= 11 is 1.78. The summed E-state index contributed by atoms with van der Waals surface area (Å²) in [6, 6.07) is 0.624. The second-order valence-corrected chi connectivity index (χ2v) is 4.55. The van der Waals surface area contributed by atoms with E-state index in [-0.39, 0.29) is 11.7 Å². The molecule has 1 aromatic heterocycles. The van der Waals surface area contributed by atoms with Crippen LogP contribution in [-0.4, -0.2) is 41.2 Å².